The summed E-state index contributed by atoms with van der Waals surface area (Å²) in [5, 5.41) is 15.1. The van der Waals surface area contributed by atoms with Crippen LogP contribution in [0, 0.1) is 6.92 Å². The van der Waals surface area contributed by atoms with Crippen LogP contribution in [-0.4, -0.2) is 57.9 Å². The maximum atomic E-state index is 4.74. The average molecular weight is 385 g/mol. The first kappa shape index (κ1) is 20.1. The van der Waals surface area contributed by atoms with Gasteiger partial charge in [0, 0.05) is 44.8 Å². The maximum absolute atomic E-state index is 4.74. The molecular weight excluding hydrogens is 352 g/mol. The van der Waals surface area contributed by atoms with Crippen LogP contribution in [0.1, 0.15) is 38.1 Å². The van der Waals surface area contributed by atoms with Crippen LogP contribution in [0.4, 0.5) is 5.82 Å². The molecule has 0 aliphatic carbocycles. The van der Waals surface area contributed by atoms with Crippen LogP contribution in [-0.2, 0) is 13.0 Å². The Balaban J connectivity index is 1.49. The topological polar surface area (TPSA) is 83.3 Å². The number of hydrogen-bond acceptors (Lipinski definition) is 5. The lowest BCUT2D eigenvalue weighted by atomic mass is 10.1. The van der Waals surface area contributed by atoms with Crippen LogP contribution in [0.25, 0.3) is 0 Å². The minimum absolute atomic E-state index is 0.431. The Morgan fingerprint density at radius 3 is 2.75 bits per heavy atom. The molecule has 152 valence electrons. The van der Waals surface area contributed by atoms with Gasteiger partial charge in [-0.1, -0.05) is 13.0 Å². The molecule has 0 aromatic carbocycles. The van der Waals surface area contributed by atoms with Gasteiger partial charge in [-0.2, -0.15) is 0 Å². The zero-order chi connectivity index (χ0) is 19.8. The summed E-state index contributed by atoms with van der Waals surface area (Å²) < 4.78 is 2.07. The number of hydrogen-bond donors (Lipinski definition) is 2. The van der Waals surface area contributed by atoms with Gasteiger partial charge in [-0.3, -0.25) is 4.99 Å². The fourth-order valence-electron chi connectivity index (χ4n) is 3.42. The monoisotopic (exact) mass is 384 g/mol. The van der Waals surface area contributed by atoms with E-state index in [0.29, 0.717) is 12.6 Å². The molecule has 1 fully saturated rings. The van der Waals surface area contributed by atoms with Gasteiger partial charge in [0.1, 0.15) is 18.0 Å². The summed E-state index contributed by atoms with van der Waals surface area (Å²) in [6, 6.07) is 4.67. The van der Waals surface area contributed by atoms with Crippen LogP contribution in [0.3, 0.4) is 0 Å². The molecule has 1 aliphatic rings. The number of nitrogens with one attached hydrogen (secondary N) is 2. The second-order valence-corrected chi connectivity index (χ2v) is 7.15. The lowest BCUT2D eigenvalue weighted by molar-refractivity contribution is 0.459. The van der Waals surface area contributed by atoms with Crippen LogP contribution in [0.2, 0.25) is 0 Å². The van der Waals surface area contributed by atoms with Gasteiger partial charge in [0.05, 0.1) is 6.54 Å². The first-order valence-corrected chi connectivity index (χ1v) is 10.3. The molecule has 2 aromatic heterocycles. The largest absolute Gasteiger partial charge is 0.357 e. The number of nitrogens with zero attached hydrogens (tertiary/aromatic N) is 6. The molecule has 1 aliphatic heterocycles. The van der Waals surface area contributed by atoms with E-state index in [0.717, 1.165) is 63.0 Å². The standard InChI is InChI=1S/C20H32N8/c1-4-18-26-24-15-28(18)13-10-22-20(21-5-2)25-17-8-11-27(12-9-17)19-7-6-16(3)14-23-19/h6-7,14-15,17H,4-5,8-13H2,1-3H3,(H2,21,22,25). The van der Waals surface area contributed by atoms with Crippen molar-refractivity contribution in [3.63, 3.8) is 0 Å². The quantitative estimate of drug-likeness (QED) is 0.559. The molecule has 0 radical (unpaired) electrons. The van der Waals surface area contributed by atoms with Gasteiger partial charge in [0.2, 0.25) is 0 Å². The summed E-state index contributed by atoms with van der Waals surface area (Å²) in [5.74, 6) is 2.97. The minimum atomic E-state index is 0.431. The molecule has 3 heterocycles. The first-order chi connectivity index (χ1) is 13.7. The zero-order valence-electron chi connectivity index (χ0n) is 17.2. The Bertz CT molecular complexity index is 744. The highest BCUT2D eigenvalue weighted by Crippen LogP contribution is 2.18. The zero-order valence-corrected chi connectivity index (χ0v) is 17.2. The first-order valence-electron chi connectivity index (χ1n) is 10.3. The fourth-order valence-corrected chi connectivity index (χ4v) is 3.42. The summed E-state index contributed by atoms with van der Waals surface area (Å²) in [6.45, 7) is 10.6. The van der Waals surface area contributed by atoms with Crippen molar-refractivity contribution in [1.29, 1.82) is 0 Å². The molecule has 8 nitrogen and oxygen atoms in total. The van der Waals surface area contributed by atoms with E-state index in [9.17, 15) is 0 Å². The molecule has 28 heavy (non-hydrogen) atoms. The van der Waals surface area contributed by atoms with E-state index in [1.54, 1.807) is 6.33 Å². The van der Waals surface area contributed by atoms with E-state index in [2.05, 4.69) is 68.2 Å². The average Bonchev–Trinajstić information content (AvgIpc) is 3.17. The van der Waals surface area contributed by atoms with E-state index in [-0.39, 0.29) is 0 Å². The van der Waals surface area contributed by atoms with Crippen molar-refractivity contribution in [1.82, 2.24) is 30.4 Å². The molecule has 0 bridgehead atoms. The Kier molecular flexibility index (Phi) is 7.22. The number of pyridine rings is 1. The van der Waals surface area contributed by atoms with E-state index >= 15 is 0 Å². The number of aliphatic imine (C=N–C) groups is 1. The number of piperidine rings is 1. The molecule has 2 N–H and O–H groups in total. The van der Waals surface area contributed by atoms with Crippen molar-refractivity contribution in [3.8, 4) is 0 Å². The van der Waals surface area contributed by atoms with Crippen LogP contribution in [0.5, 0.6) is 0 Å². The van der Waals surface area contributed by atoms with Crippen molar-refractivity contribution >= 4 is 11.8 Å². The van der Waals surface area contributed by atoms with Crippen LogP contribution in [0.15, 0.2) is 29.6 Å². The Morgan fingerprint density at radius 2 is 2.07 bits per heavy atom. The molecule has 0 amide bonds. The van der Waals surface area contributed by atoms with Gasteiger partial charge >= 0.3 is 0 Å². The third-order valence-corrected chi connectivity index (χ3v) is 5.02. The van der Waals surface area contributed by atoms with Gasteiger partial charge in [-0.25, -0.2) is 4.98 Å². The summed E-state index contributed by atoms with van der Waals surface area (Å²) in [4.78, 5) is 11.7. The number of aromatic nitrogens is 4. The SMILES string of the molecule is CCNC(=NCCn1cnnc1CC)NC1CCN(c2ccc(C)cn2)CC1. The highest BCUT2D eigenvalue weighted by Gasteiger charge is 2.20. The molecule has 3 rings (SSSR count). The van der Waals surface area contributed by atoms with Gasteiger partial charge in [0.15, 0.2) is 5.96 Å². The van der Waals surface area contributed by atoms with Crippen LogP contribution < -0.4 is 15.5 Å². The molecule has 8 heteroatoms. The third-order valence-electron chi connectivity index (χ3n) is 5.02. The fraction of sp³-hybridized carbons (Fsp3) is 0.600. The van der Waals surface area contributed by atoms with E-state index < -0.39 is 0 Å². The third kappa shape index (κ3) is 5.43. The molecule has 1 saturated heterocycles. The number of aryl methyl sites for hydroxylation is 2. The maximum Gasteiger partial charge on any atom is 0.191 e. The van der Waals surface area contributed by atoms with Crippen LogP contribution >= 0.6 is 0 Å². The lowest BCUT2D eigenvalue weighted by Crippen LogP contribution is -2.49. The minimum Gasteiger partial charge on any atom is -0.357 e. The molecular formula is C20H32N8. The predicted octanol–water partition coefficient (Wildman–Crippen LogP) is 1.77. The molecule has 0 spiro atoms. The smallest absolute Gasteiger partial charge is 0.191 e. The number of guanidine groups is 1. The van der Waals surface area contributed by atoms with Crippen molar-refractivity contribution in [3.05, 3.63) is 36.0 Å². The Labute approximate surface area is 167 Å². The van der Waals surface area contributed by atoms with Gasteiger partial charge in [-0.15, -0.1) is 10.2 Å². The van der Waals surface area contributed by atoms with Crippen molar-refractivity contribution in [2.75, 3.05) is 31.1 Å². The normalized spacial score (nSPS) is 15.7. The van der Waals surface area contributed by atoms with Crippen molar-refractivity contribution in [2.45, 2.75) is 52.6 Å². The molecule has 0 atom stereocenters. The summed E-state index contributed by atoms with van der Waals surface area (Å²) in [7, 11) is 0. The second kappa shape index (κ2) is 10.1. The molecule has 2 aromatic rings. The van der Waals surface area contributed by atoms with E-state index in [1.165, 1.54) is 5.56 Å². The number of anilines is 1. The Hall–Kier alpha value is -2.64. The predicted molar refractivity (Wildman–Crippen MR) is 113 cm³/mol. The highest BCUT2D eigenvalue weighted by atomic mass is 15.3. The van der Waals surface area contributed by atoms with Gasteiger partial charge in [-0.05, 0) is 38.3 Å². The summed E-state index contributed by atoms with van der Waals surface area (Å²) in [5.41, 5.74) is 1.20. The van der Waals surface area contributed by atoms with Gasteiger partial charge < -0.3 is 20.1 Å². The van der Waals surface area contributed by atoms with Crippen molar-refractivity contribution < 1.29 is 0 Å². The second-order valence-electron chi connectivity index (χ2n) is 7.15. The van der Waals surface area contributed by atoms with E-state index in [1.807, 2.05) is 6.20 Å². The number of rotatable bonds is 7. The summed E-state index contributed by atoms with van der Waals surface area (Å²) in [6.07, 6.45) is 6.76. The molecule has 0 saturated carbocycles. The lowest BCUT2D eigenvalue weighted by Gasteiger charge is -2.33. The summed E-state index contributed by atoms with van der Waals surface area (Å²) >= 11 is 0. The van der Waals surface area contributed by atoms with E-state index in [4.69, 9.17) is 4.99 Å². The molecule has 0 unspecified atom stereocenters. The highest BCUT2D eigenvalue weighted by molar-refractivity contribution is 5.80. The Morgan fingerprint density at radius 1 is 1.25 bits per heavy atom. The van der Waals surface area contributed by atoms with Gasteiger partial charge in [0.25, 0.3) is 0 Å². The van der Waals surface area contributed by atoms with Crippen molar-refractivity contribution in [2.24, 2.45) is 4.99 Å².